The van der Waals surface area contributed by atoms with Crippen molar-refractivity contribution in [3.63, 3.8) is 0 Å². The van der Waals surface area contributed by atoms with Gasteiger partial charge < -0.3 is 14.8 Å². The number of aryl methyl sites for hydroxylation is 1. The third kappa shape index (κ3) is 3.63. The lowest BCUT2D eigenvalue weighted by molar-refractivity contribution is 0.212. The van der Waals surface area contributed by atoms with Crippen molar-refractivity contribution in [2.75, 3.05) is 13.2 Å². The lowest BCUT2D eigenvalue weighted by Gasteiger charge is -2.22. The SMILES string of the molecule is CCOP(=O)(OCC)[C@H](N)c1ccc(CC)s1. The second kappa shape index (κ2) is 6.66. The maximum atomic E-state index is 12.4. The van der Waals surface area contributed by atoms with Crippen LogP contribution >= 0.6 is 18.9 Å². The highest BCUT2D eigenvalue weighted by Crippen LogP contribution is 2.59. The van der Waals surface area contributed by atoms with Crippen LogP contribution in [0, 0.1) is 0 Å². The molecule has 0 bridgehead atoms. The highest BCUT2D eigenvalue weighted by molar-refractivity contribution is 7.54. The average molecular weight is 277 g/mol. The molecule has 0 aliphatic rings. The Morgan fingerprint density at radius 1 is 1.29 bits per heavy atom. The van der Waals surface area contributed by atoms with Crippen molar-refractivity contribution in [1.82, 2.24) is 0 Å². The molecule has 6 heteroatoms. The van der Waals surface area contributed by atoms with E-state index >= 15 is 0 Å². The van der Waals surface area contributed by atoms with Gasteiger partial charge in [-0.3, -0.25) is 4.57 Å². The fourth-order valence-electron chi connectivity index (χ4n) is 1.46. The third-order valence-corrected chi connectivity index (χ3v) is 5.96. The first-order valence-electron chi connectivity index (χ1n) is 5.80. The molecule has 1 rings (SSSR count). The van der Waals surface area contributed by atoms with E-state index in [0.29, 0.717) is 13.2 Å². The van der Waals surface area contributed by atoms with Crippen molar-refractivity contribution in [2.24, 2.45) is 5.73 Å². The van der Waals surface area contributed by atoms with Gasteiger partial charge in [0.1, 0.15) is 5.78 Å². The quantitative estimate of drug-likeness (QED) is 0.774. The minimum atomic E-state index is -3.24. The lowest BCUT2D eigenvalue weighted by Crippen LogP contribution is -2.13. The zero-order valence-electron chi connectivity index (χ0n) is 10.5. The summed E-state index contributed by atoms with van der Waals surface area (Å²) in [5.74, 6) is -0.687. The second-order valence-corrected chi connectivity index (χ2v) is 6.83. The zero-order chi connectivity index (χ0) is 12.9. The van der Waals surface area contributed by atoms with Crippen LogP contribution in [0.3, 0.4) is 0 Å². The van der Waals surface area contributed by atoms with Gasteiger partial charge in [0.15, 0.2) is 0 Å². The van der Waals surface area contributed by atoms with Crippen LogP contribution in [0.5, 0.6) is 0 Å². The number of hydrogen-bond donors (Lipinski definition) is 1. The van der Waals surface area contributed by atoms with E-state index < -0.39 is 13.4 Å². The standard InChI is InChI=1S/C11H20NO3PS/c1-4-9-7-8-10(17-9)11(12)16(13,14-5-2)15-6-3/h7-8,11H,4-6,12H2,1-3H3/t11-/m0/s1. The lowest BCUT2D eigenvalue weighted by atomic mass is 10.4. The molecule has 0 aromatic carbocycles. The van der Waals surface area contributed by atoms with Crippen LogP contribution in [-0.2, 0) is 20.0 Å². The molecule has 98 valence electrons. The minimum Gasteiger partial charge on any atom is -0.313 e. The van der Waals surface area contributed by atoms with E-state index in [1.54, 1.807) is 25.2 Å². The first-order chi connectivity index (χ1) is 8.07. The normalized spacial score (nSPS) is 13.9. The smallest absolute Gasteiger partial charge is 0.313 e. The van der Waals surface area contributed by atoms with Crippen molar-refractivity contribution >= 4 is 18.9 Å². The minimum absolute atomic E-state index is 0.330. The fourth-order valence-corrected chi connectivity index (χ4v) is 4.36. The summed E-state index contributed by atoms with van der Waals surface area (Å²) < 4.78 is 22.9. The van der Waals surface area contributed by atoms with Crippen LogP contribution in [-0.4, -0.2) is 13.2 Å². The first kappa shape index (κ1) is 14.9. The van der Waals surface area contributed by atoms with Gasteiger partial charge in [-0.05, 0) is 32.4 Å². The Morgan fingerprint density at radius 3 is 2.29 bits per heavy atom. The maximum absolute atomic E-state index is 12.4. The van der Waals surface area contributed by atoms with E-state index in [-0.39, 0.29) is 0 Å². The van der Waals surface area contributed by atoms with E-state index in [2.05, 4.69) is 6.92 Å². The van der Waals surface area contributed by atoms with Gasteiger partial charge in [-0.1, -0.05) is 6.92 Å². The number of hydrogen-bond acceptors (Lipinski definition) is 5. The van der Waals surface area contributed by atoms with Gasteiger partial charge in [0.2, 0.25) is 0 Å². The van der Waals surface area contributed by atoms with Crippen LogP contribution in [0.1, 0.15) is 36.3 Å². The molecular weight excluding hydrogens is 257 g/mol. The van der Waals surface area contributed by atoms with E-state index in [4.69, 9.17) is 14.8 Å². The molecule has 1 aromatic rings. The summed E-state index contributed by atoms with van der Waals surface area (Å²) >= 11 is 1.56. The molecule has 1 heterocycles. The Bertz CT molecular complexity index is 384. The first-order valence-corrected chi connectivity index (χ1v) is 8.23. The Labute approximate surface area is 107 Å². The third-order valence-electron chi connectivity index (χ3n) is 2.28. The molecule has 17 heavy (non-hydrogen) atoms. The number of rotatable bonds is 7. The fraction of sp³-hybridized carbons (Fsp3) is 0.636. The van der Waals surface area contributed by atoms with Crippen LogP contribution < -0.4 is 5.73 Å². The zero-order valence-corrected chi connectivity index (χ0v) is 12.2. The van der Waals surface area contributed by atoms with Crippen LogP contribution in [0.25, 0.3) is 0 Å². The summed E-state index contributed by atoms with van der Waals surface area (Å²) in [6, 6.07) is 3.90. The van der Waals surface area contributed by atoms with Gasteiger partial charge in [-0.25, -0.2) is 0 Å². The molecule has 0 unspecified atom stereocenters. The van der Waals surface area contributed by atoms with Gasteiger partial charge in [-0.15, -0.1) is 11.3 Å². The monoisotopic (exact) mass is 277 g/mol. The molecule has 0 spiro atoms. The van der Waals surface area contributed by atoms with Crippen molar-refractivity contribution in [3.05, 3.63) is 21.9 Å². The van der Waals surface area contributed by atoms with Crippen molar-refractivity contribution in [2.45, 2.75) is 33.0 Å². The molecule has 4 nitrogen and oxygen atoms in total. The Balaban J connectivity index is 2.90. The average Bonchev–Trinajstić information content (AvgIpc) is 2.77. The largest absolute Gasteiger partial charge is 0.352 e. The molecule has 0 saturated carbocycles. The summed E-state index contributed by atoms with van der Waals surface area (Å²) in [4.78, 5) is 2.07. The molecular formula is C11H20NO3PS. The molecule has 1 aromatic heterocycles. The highest BCUT2D eigenvalue weighted by Gasteiger charge is 2.34. The molecule has 1 atom stereocenters. The predicted octanol–water partition coefficient (Wildman–Crippen LogP) is 3.53. The second-order valence-electron chi connectivity index (χ2n) is 3.48. The van der Waals surface area contributed by atoms with Gasteiger partial charge in [0.25, 0.3) is 0 Å². The Hall–Kier alpha value is -0.190. The van der Waals surface area contributed by atoms with E-state index in [0.717, 1.165) is 11.3 Å². The van der Waals surface area contributed by atoms with Crippen LogP contribution in [0.4, 0.5) is 0 Å². The summed E-state index contributed by atoms with van der Waals surface area (Å²) in [5.41, 5.74) is 6.01. The molecule has 0 saturated heterocycles. The Kier molecular flexibility index (Phi) is 5.83. The van der Waals surface area contributed by atoms with E-state index in [9.17, 15) is 4.57 Å². The maximum Gasteiger partial charge on any atom is 0.352 e. The number of thiophene rings is 1. The molecule has 0 aliphatic carbocycles. The summed E-state index contributed by atoms with van der Waals surface area (Å²) in [5, 5.41) is 0. The summed E-state index contributed by atoms with van der Waals surface area (Å²) in [6.45, 7) is 6.30. The van der Waals surface area contributed by atoms with Gasteiger partial charge in [-0.2, -0.15) is 0 Å². The summed E-state index contributed by atoms with van der Waals surface area (Å²) in [6.07, 6.45) is 0.949. The van der Waals surface area contributed by atoms with Crippen LogP contribution in [0.15, 0.2) is 12.1 Å². The molecule has 0 aliphatic heterocycles. The Morgan fingerprint density at radius 2 is 1.88 bits per heavy atom. The molecule has 2 N–H and O–H groups in total. The topological polar surface area (TPSA) is 61.5 Å². The van der Waals surface area contributed by atoms with Crippen molar-refractivity contribution in [3.8, 4) is 0 Å². The molecule has 0 radical (unpaired) electrons. The predicted molar refractivity (Wildman–Crippen MR) is 71.5 cm³/mol. The molecule has 0 amide bonds. The van der Waals surface area contributed by atoms with Crippen molar-refractivity contribution < 1.29 is 13.6 Å². The highest BCUT2D eigenvalue weighted by atomic mass is 32.1. The van der Waals surface area contributed by atoms with E-state index in [1.165, 1.54) is 4.88 Å². The van der Waals surface area contributed by atoms with Crippen molar-refractivity contribution in [1.29, 1.82) is 0 Å². The van der Waals surface area contributed by atoms with Crippen LogP contribution in [0.2, 0.25) is 0 Å². The molecule has 0 fully saturated rings. The van der Waals surface area contributed by atoms with Gasteiger partial charge in [0.05, 0.1) is 13.2 Å². The summed E-state index contributed by atoms with van der Waals surface area (Å²) in [7, 11) is -3.24. The number of nitrogens with two attached hydrogens (primary N) is 1. The van der Waals surface area contributed by atoms with E-state index in [1.807, 2.05) is 12.1 Å². The van der Waals surface area contributed by atoms with Gasteiger partial charge >= 0.3 is 7.60 Å². The van der Waals surface area contributed by atoms with Gasteiger partial charge in [0, 0.05) is 9.75 Å².